The summed E-state index contributed by atoms with van der Waals surface area (Å²) in [5.74, 6) is -9.16. The molecule has 2 saturated heterocycles. The van der Waals surface area contributed by atoms with E-state index in [0.717, 1.165) is 10.5 Å². The van der Waals surface area contributed by atoms with Crippen LogP contribution >= 0.6 is 0 Å². The van der Waals surface area contributed by atoms with Gasteiger partial charge in [-0.3, -0.25) is 19.2 Å². The van der Waals surface area contributed by atoms with E-state index in [1.807, 2.05) is 51.2 Å². The topological polar surface area (TPSA) is 175 Å². The molecular formula is C51H78FNO12. The van der Waals surface area contributed by atoms with Crippen LogP contribution in [0.3, 0.4) is 0 Å². The Morgan fingerprint density at radius 3 is 2.26 bits per heavy atom. The summed E-state index contributed by atoms with van der Waals surface area (Å²) in [5.41, 5.74) is 1.22. The Balaban J connectivity index is 1.70. The van der Waals surface area contributed by atoms with Gasteiger partial charge in [0.15, 0.2) is 5.78 Å². The van der Waals surface area contributed by atoms with Crippen LogP contribution in [-0.2, 0) is 47.7 Å². The monoisotopic (exact) mass is 916 g/mol. The minimum atomic E-state index is -2.93. The smallest absolute Gasteiger partial charge is 0.329 e. The summed E-state index contributed by atoms with van der Waals surface area (Å²) >= 11 is 0. The number of alkyl halides is 1. The van der Waals surface area contributed by atoms with E-state index >= 15 is 4.39 Å². The second-order valence-electron chi connectivity index (χ2n) is 19.5. The number of nitrogens with zero attached hydrogens (tertiary/aromatic N) is 1. The number of ketones is 3. The Hall–Kier alpha value is -3.40. The molecule has 3 unspecified atom stereocenters. The van der Waals surface area contributed by atoms with Crippen LogP contribution in [0.15, 0.2) is 47.6 Å². The van der Waals surface area contributed by atoms with Gasteiger partial charge in [-0.05, 0) is 107 Å². The van der Waals surface area contributed by atoms with E-state index in [1.54, 1.807) is 48.0 Å². The molecule has 0 aromatic heterocycles. The van der Waals surface area contributed by atoms with Gasteiger partial charge in [0.2, 0.25) is 0 Å². The highest BCUT2D eigenvalue weighted by molar-refractivity contribution is 6.39. The maximum Gasteiger partial charge on any atom is 0.329 e. The zero-order valence-corrected chi connectivity index (χ0v) is 40.5. The van der Waals surface area contributed by atoms with Crippen LogP contribution in [0, 0.1) is 35.5 Å². The van der Waals surface area contributed by atoms with Crippen LogP contribution in [0.5, 0.6) is 0 Å². The molecule has 14 heteroatoms. The molecule has 0 radical (unpaired) electrons. The van der Waals surface area contributed by atoms with Gasteiger partial charge in [0.25, 0.3) is 17.5 Å². The van der Waals surface area contributed by atoms with Crippen LogP contribution in [-0.4, -0.2) is 127 Å². The van der Waals surface area contributed by atoms with Crippen molar-refractivity contribution in [2.45, 2.75) is 180 Å². The number of hydrogen-bond acceptors (Lipinski definition) is 12. The maximum absolute atomic E-state index is 17.1. The van der Waals surface area contributed by atoms with E-state index < -0.39 is 83.9 Å². The first-order chi connectivity index (χ1) is 30.7. The fraction of sp³-hybridized carbons (Fsp3) is 0.745. The number of fused-ring (bicyclic) bond motifs is 3. The summed E-state index contributed by atoms with van der Waals surface area (Å²) in [7, 11) is 4.47. The molecule has 1 amide bonds. The molecule has 4 rings (SSSR count). The SMILES string of the molecule is CO[C@H]1C[C@@H]2CC[C@@H](C)C(F)(O2)C(=O)C(=O)N2CCCC[C@H]2C(=O)OC([C@H](C)CC2CC[C@@H](O)[C@H](OC)C2)CC(=O)[C@H](C)/C=C(\C)[C@@H](O)[C@@H](OC)C(=O)[C@H](C)C[C@H](C)/C=C/C=C/C=C/1C. The number of allylic oxidation sites excluding steroid dienone is 6. The first-order valence-electron chi connectivity index (χ1n) is 23.9. The molecule has 1 aliphatic carbocycles. The number of ether oxygens (including phenoxy) is 5. The van der Waals surface area contributed by atoms with Crippen LogP contribution in [0.4, 0.5) is 4.39 Å². The summed E-state index contributed by atoms with van der Waals surface area (Å²) in [5, 5.41) is 21.9. The van der Waals surface area contributed by atoms with Gasteiger partial charge in [-0.15, -0.1) is 0 Å². The van der Waals surface area contributed by atoms with Crippen molar-refractivity contribution in [1.29, 1.82) is 0 Å². The van der Waals surface area contributed by atoms with Crippen molar-refractivity contribution in [2.24, 2.45) is 35.5 Å². The summed E-state index contributed by atoms with van der Waals surface area (Å²) in [6.45, 7) is 12.5. The second kappa shape index (κ2) is 25.1. The number of hydrogen-bond donors (Lipinski definition) is 2. The number of rotatable bonds is 6. The molecule has 65 heavy (non-hydrogen) atoms. The average molecular weight is 916 g/mol. The minimum absolute atomic E-state index is 0.00748. The standard InChI is InChI=1S/C51H78FNO12/c1-30-16-12-11-13-17-31(2)42(61-8)28-38-21-19-36(7)51(52,65-38)48(58)49(59)53-23-15-14-18-39(53)50(60)64-43(33(4)26-37-20-22-40(54)44(27-37)62-9)29-41(55)32(3)25-35(6)46(57)47(63-10)45(56)34(5)24-30/h11-13,16-17,25,30,32-34,36-40,42-44,46-47,54,57H,14-15,18-24,26-29H2,1-10H3/b13-11+,16-12+,31-17+,35-25+/t30-,32-,33-,34-,36-,37?,38+,39+,40-,42+,43?,44-,46-,47+,51?/m1/s1. The highest BCUT2D eigenvalue weighted by Gasteiger charge is 2.55. The van der Waals surface area contributed by atoms with E-state index in [9.17, 15) is 34.2 Å². The number of piperidine rings is 1. The summed E-state index contributed by atoms with van der Waals surface area (Å²) in [4.78, 5) is 71.4. The molecule has 3 aliphatic heterocycles. The molecule has 366 valence electrons. The summed E-state index contributed by atoms with van der Waals surface area (Å²) in [6, 6.07) is -1.20. The van der Waals surface area contributed by atoms with Gasteiger partial charge >= 0.3 is 5.97 Å². The number of halogens is 1. The van der Waals surface area contributed by atoms with Gasteiger partial charge in [0, 0.05) is 58.5 Å². The van der Waals surface area contributed by atoms with Crippen LogP contribution in [0.1, 0.15) is 126 Å². The molecule has 15 atom stereocenters. The zero-order valence-electron chi connectivity index (χ0n) is 40.5. The van der Waals surface area contributed by atoms with Crippen molar-refractivity contribution < 1.29 is 62.3 Å². The third-order valence-electron chi connectivity index (χ3n) is 14.4. The van der Waals surface area contributed by atoms with Gasteiger partial charge in [-0.2, -0.15) is 0 Å². The third-order valence-corrected chi connectivity index (χ3v) is 14.4. The van der Waals surface area contributed by atoms with Crippen molar-refractivity contribution >= 4 is 29.2 Å². The van der Waals surface area contributed by atoms with E-state index in [2.05, 4.69) is 0 Å². The van der Waals surface area contributed by atoms with Crippen molar-refractivity contribution in [3.63, 3.8) is 0 Å². The zero-order chi connectivity index (χ0) is 48.2. The lowest BCUT2D eigenvalue weighted by Crippen LogP contribution is -2.59. The number of aliphatic hydroxyl groups is 2. The first kappa shape index (κ1) is 54.2. The maximum atomic E-state index is 17.1. The molecule has 0 aromatic carbocycles. The van der Waals surface area contributed by atoms with Gasteiger partial charge in [-0.1, -0.05) is 71.1 Å². The number of cyclic esters (lactones) is 1. The number of aliphatic hydroxyl groups excluding tert-OH is 2. The minimum Gasteiger partial charge on any atom is -0.460 e. The molecule has 13 nitrogen and oxygen atoms in total. The Bertz CT molecular complexity index is 1760. The largest absolute Gasteiger partial charge is 0.460 e. The quantitative estimate of drug-likeness (QED) is 0.157. The van der Waals surface area contributed by atoms with Crippen LogP contribution in [0.25, 0.3) is 0 Å². The van der Waals surface area contributed by atoms with Crippen molar-refractivity contribution in [1.82, 2.24) is 4.90 Å². The second-order valence-corrected chi connectivity index (χ2v) is 19.5. The van der Waals surface area contributed by atoms with Gasteiger partial charge in [-0.25, -0.2) is 9.18 Å². The van der Waals surface area contributed by atoms with E-state index in [4.69, 9.17) is 23.7 Å². The molecule has 2 N–H and O–H groups in total. The predicted octanol–water partition coefficient (Wildman–Crippen LogP) is 7.16. The molecule has 3 heterocycles. The van der Waals surface area contributed by atoms with E-state index in [0.29, 0.717) is 56.9 Å². The Morgan fingerprint density at radius 1 is 0.862 bits per heavy atom. The summed E-state index contributed by atoms with van der Waals surface area (Å²) in [6.07, 6.45) is 10.3. The highest BCUT2D eigenvalue weighted by Crippen LogP contribution is 2.40. The highest BCUT2D eigenvalue weighted by atomic mass is 19.2. The molecule has 1 saturated carbocycles. The van der Waals surface area contributed by atoms with E-state index in [1.165, 1.54) is 7.11 Å². The Labute approximate surface area is 386 Å². The number of esters is 1. The third kappa shape index (κ3) is 14.3. The fourth-order valence-corrected chi connectivity index (χ4v) is 10.1. The van der Waals surface area contributed by atoms with Gasteiger partial charge < -0.3 is 38.8 Å². The van der Waals surface area contributed by atoms with Crippen molar-refractivity contribution in [3.05, 3.63) is 47.6 Å². The Morgan fingerprint density at radius 2 is 1.58 bits per heavy atom. The van der Waals surface area contributed by atoms with Gasteiger partial charge in [0.1, 0.15) is 30.1 Å². The van der Waals surface area contributed by atoms with Crippen LogP contribution in [0.2, 0.25) is 0 Å². The lowest BCUT2D eigenvalue weighted by molar-refractivity contribution is -0.231. The number of amides is 1. The van der Waals surface area contributed by atoms with E-state index in [-0.39, 0.29) is 67.7 Å². The lowest BCUT2D eigenvalue weighted by atomic mass is 9.78. The number of carbonyl (C=O) groups excluding carboxylic acids is 5. The van der Waals surface area contributed by atoms with Crippen LogP contribution < -0.4 is 0 Å². The number of methoxy groups -OCH3 is 3. The summed E-state index contributed by atoms with van der Waals surface area (Å²) < 4.78 is 46.1. The predicted molar refractivity (Wildman–Crippen MR) is 244 cm³/mol. The molecular weight excluding hydrogens is 838 g/mol. The number of carbonyl (C=O) groups is 5. The van der Waals surface area contributed by atoms with Crippen molar-refractivity contribution in [2.75, 3.05) is 27.9 Å². The molecule has 0 spiro atoms. The molecule has 2 bridgehead atoms. The Kier molecular flexibility index (Phi) is 20.9. The van der Waals surface area contributed by atoms with Crippen molar-refractivity contribution in [3.8, 4) is 0 Å². The number of Topliss-reactive ketones (excluding diaryl/α,β-unsaturated/α-hetero) is 3. The first-order valence-corrected chi connectivity index (χ1v) is 23.9. The molecule has 3 fully saturated rings. The van der Waals surface area contributed by atoms with Gasteiger partial charge in [0.05, 0.1) is 24.4 Å². The fourth-order valence-electron chi connectivity index (χ4n) is 10.1. The average Bonchev–Trinajstić information content (AvgIpc) is 3.28. The molecule has 0 aromatic rings. The lowest BCUT2D eigenvalue weighted by Gasteiger charge is -2.41. The molecule has 4 aliphatic rings. The normalized spacial score (nSPS) is 40.4.